The van der Waals surface area contributed by atoms with Gasteiger partial charge in [-0.2, -0.15) is 0 Å². The number of fused-ring (bicyclic) bond motifs is 1. The molecule has 0 N–H and O–H groups in total. The minimum absolute atomic E-state index is 0.362. The van der Waals surface area contributed by atoms with Crippen molar-refractivity contribution in [1.29, 1.82) is 0 Å². The number of rotatable bonds is 2. The molecule has 4 heteroatoms. The lowest BCUT2D eigenvalue weighted by atomic mass is 9.86. The Morgan fingerprint density at radius 1 is 1.18 bits per heavy atom. The van der Waals surface area contributed by atoms with Gasteiger partial charge in [0.15, 0.2) is 0 Å². The van der Waals surface area contributed by atoms with Crippen LogP contribution >= 0.6 is 11.6 Å². The zero-order chi connectivity index (χ0) is 15.7. The highest BCUT2D eigenvalue weighted by Crippen LogP contribution is 2.34. The number of carbonyl (C=O) groups excluding carboxylic acids is 1. The second-order valence-electron chi connectivity index (χ2n) is 5.14. The molecule has 0 aliphatic heterocycles. The molecule has 0 unspecified atom stereocenters. The molecule has 0 atom stereocenters. The zero-order valence-electron chi connectivity index (χ0n) is 12.0. The number of ether oxygens (including phenoxy) is 1. The molecule has 0 radical (unpaired) electrons. The van der Waals surface area contributed by atoms with Crippen molar-refractivity contribution in [2.75, 3.05) is 7.11 Å². The summed E-state index contributed by atoms with van der Waals surface area (Å²) < 4.78 is 19.0. The van der Waals surface area contributed by atoms with E-state index in [-0.39, 0.29) is 5.82 Å². The maximum atomic E-state index is 14.2. The van der Waals surface area contributed by atoms with E-state index >= 15 is 0 Å². The fraction of sp³-hybridized carbons (Fsp3) is 0.167. The third-order valence-electron chi connectivity index (χ3n) is 3.80. The molecular weight excluding hydrogens is 303 g/mol. The lowest BCUT2D eigenvalue weighted by Gasteiger charge is -2.19. The van der Waals surface area contributed by atoms with Crippen molar-refractivity contribution < 1.29 is 13.9 Å². The van der Waals surface area contributed by atoms with Gasteiger partial charge < -0.3 is 4.74 Å². The summed E-state index contributed by atoms with van der Waals surface area (Å²) >= 11 is 5.82. The van der Waals surface area contributed by atoms with Crippen molar-refractivity contribution in [2.45, 2.75) is 12.8 Å². The van der Waals surface area contributed by atoms with Gasteiger partial charge in [0.1, 0.15) is 5.82 Å². The molecule has 112 valence electrons. The topological polar surface area (TPSA) is 26.3 Å². The molecule has 2 nitrogen and oxygen atoms in total. The minimum Gasteiger partial charge on any atom is -0.465 e. The number of methoxy groups -OCH3 is 1. The van der Waals surface area contributed by atoms with Gasteiger partial charge in [-0.1, -0.05) is 23.7 Å². The summed E-state index contributed by atoms with van der Waals surface area (Å²) in [4.78, 5) is 11.7. The van der Waals surface area contributed by atoms with Crippen LogP contribution in [0.3, 0.4) is 0 Å². The van der Waals surface area contributed by atoms with Crippen LogP contribution in [0.1, 0.15) is 33.5 Å². The molecule has 2 aromatic carbocycles. The second kappa shape index (κ2) is 5.93. The van der Waals surface area contributed by atoms with Crippen molar-refractivity contribution in [3.63, 3.8) is 0 Å². The minimum atomic E-state index is -0.399. The predicted octanol–water partition coefficient (Wildman–Crippen LogP) is 4.64. The molecule has 2 aromatic rings. The monoisotopic (exact) mass is 316 g/mol. The van der Waals surface area contributed by atoms with Gasteiger partial charge in [0, 0.05) is 10.6 Å². The predicted molar refractivity (Wildman–Crippen MR) is 84.6 cm³/mol. The van der Waals surface area contributed by atoms with Crippen molar-refractivity contribution in [3.8, 4) is 0 Å². The average Bonchev–Trinajstić information content (AvgIpc) is 2.53. The largest absolute Gasteiger partial charge is 0.465 e. The Morgan fingerprint density at radius 2 is 2.00 bits per heavy atom. The Labute approximate surface area is 133 Å². The maximum absolute atomic E-state index is 14.2. The number of hydrogen-bond donors (Lipinski definition) is 0. The van der Waals surface area contributed by atoms with Gasteiger partial charge in [-0.3, -0.25) is 0 Å². The Morgan fingerprint density at radius 3 is 2.73 bits per heavy atom. The molecule has 22 heavy (non-hydrogen) atoms. The van der Waals surface area contributed by atoms with Crippen molar-refractivity contribution in [1.82, 2.24) is 0 Å². The van der Waals surface area contributed by atoms with E-state index in [1.807, 2.05) is 12.1 Å². The highest BCUT2D eigenvalue weighted by Gasteiger charge is 2.19. The number of aryl methyl sites for hydroxylation is 1. The Kier molecular flexibility index (Phi) is 3.99. The highest BCUT2D eigenvalue weighted by molar-refractivity contribution is 6.30. The molecule has 3 rings (SSSR count). The van der Waals surface area contributed by atoms with E-state index in [1.165, 1.54) is 13.2 Å². The number of allylic oxidation sites excluding steroid dienone is 1. The molecule has 1 aliphatic rings. The van der Waals surface area contributed by atoms with Gasteiger partial charge >= 0.3 is 5.97 Å². The fourth-order valence-corrected chi connectivity index (χ4v) is 2.89. The van der Waals surface area contributed by atoms with E-state index in [4.69, 9.17) is 16.3 Å². The fourth-order valence-electron chi connectivity index (χ4n) is 2.73. The van der Waals surface area contributed by atoms with Gasteiger partial charge in [0.05, 0.1) is 12.7 Å². The summed E-state index contributed by atoms with van der Waals surface area (Å²) in [5, 5.41) is 0.362. The van der Waals surface area contributed by atoms with Crippen LogP contribution in [0.25, 0.3) is 5.57 Å². The van der Waals surface area contributed by atoms with E-state index in [1.54, 1.807) is 24.3 Å². The first-order valence-electron chi connectivity index (χ1n) is 6.97. The summed E-state index contributed by atoms with van der Waals surface area (Å²) in [7, 11) is 1.34. The summed E-state index contributed by atoms with van der Waals surface area (Å²) in [6.07, 6.45) is 3.70. The van der Waals surface area contributed by atoms with Gasteiger partial charge in [-0.25, -0.2) is 9.18 Å². The Balaban J connectivity index is 2.12. The zero-order valence-corrected chi connectivity index (χ0v) is 12.8. The van der Waals surface area contributed by atoms with Crippen LogP contribution in [0, 0.1) is 5.82 Å². The van der Waals surface area contributed by atoms with E-state index in [2.05, 4.69) is 0 Å². The van der Waals surface area contributed by atoms with Gasteiger partial charge in [0.25, 0.3) is 0 Å². The molecule has 1 aliphatic carbocycles. The molecule has 0 saturated carbocycles. The van der Waals surface area contributed by atoms with Crippen LogP contribution in [0.15, 0.2) is 42.5 Å². The third kappa shape index (κ3) is 2.64. The highest BCUT2D eigenvalue weighted by atomic mass is 35.5. The molecule has 0 spiro atoms. The first-order chi connectivity index (χ1) is 10.6. The van der Waals surface area contributed by atoms with Crippen LogP contribution in [-0.2, 0) is 11.2 Å². The summed E-state index contributed by atoms with van der Waals surface area (Å²) in [6.45, 7) is 0. The van der Waals surface area contributed by atoms with Crippen LogP contribution < -0.4 is 0 Å². The van der Waals surface area contributed by atoms with Crippen molar-refractivity contribution in [2.24, 2.45) is 0 Å². The van der Waals surface area contributed by atoms with Crippen LogP contribution in [0.4, 0.5) is 4.39 Å². The van der Waals surface area contributed by atoms with Gasteiger partial charge in [-0.05, 0) is 59.9 Å². The molecule has 0 heterocycles. The number of hydrogen-bond acceptors (Lipinski definition) is 2. The van der Waals surface area contributed by atoms with E-state index < -0.39 is 5.97 Å². The second-order valence-corrected chi connectivity index (χ2v) is 5.58. The molecule has 0 fully saturated rings. The third-order valence-corrected chi connectivity index (χ3v) is 4.04. The first-order valence-corrected chi connectivity index (χ1v) is 7.35. The van der Waals surface area contributed by atoms with Crippen molar-refractivity contribution >= 4 is 23.1 Å². The van der Waals surface area contributed by atoms with E-state index in [9.17, 15) is 9.18 Å². The SMILES string of the molecule is COC(=O)c1ccc2c(c1)C(c1ccc(Cl)cc1F)=CCC2. The number of halogens is 2. The summed E-state index contributed by atoms with van der Waals surface area (Å²) in [6, 6.07) is 10.0. The molecule has 0 amide bonds. The van der Waals surface area contributed by atoms with Crippen molar-refractivity contribution in [3.05, 3.63) is 75.6 Å². The van der Waals surface area contributed by atoms with E-state index in [0.717, 1.165) is 29.5 Å². The smallest absolute Gasteiger partial charge is 0.337 e. The lowest BCUT2D eigenvalue weighted by Crippen LogP contribution is -2.07. The number of carbonyl (C=O) groups is 1. The van der Waals surface area contributed by atoms with Crippen LogP contribution in [-0.4, -0.2) is 13.1 Å². The van der Waals surface area contributed by atoms with Crippen LogP contribution in [0.5, 0.6) is 0 Å². The quantitative estimate of drug-likeness (QED) is 0.754. The standard InChI is InChI=1S/C18H14ClFO2/c1-22-18(21)12-6-5-11-3-2-4-14(16(11)9-12)15-8-7-13(19)10-17(15)20/h4-10H,2-3H2,1H3. The van der Waals surface area contributed by atoms with E-state index in [0.29, 0.717) is 16.1 Å². The number of benzene rings is 2. The molecule has 0 saturated heterocycles. The molecule has 0 bridgehead atoms. The maximum Gasteiger partial charge on any atom is 0.337 e. The lowest BCUT2D eigenvalue weighted by molar-refractivity contribution is 0.0600. The molecule has 0 aromatic heterocycles. The van der Waals surface area contributed by atoms with Gasteiger partial charge in [-0.15, -0.1) is 0 Å². The summed E-state index contributed by atoms with van der Waals surface area (Å²) in [5.74, 6) is -0.764. The first kappa shape index (κ1) is 14.8. The number of esters is 1. The Hall–Kier alpha value is -2.13. The van der Waals surface area contributed by atoms with Gasteiger partial charge in [0.2, 0.25) is 0 Å². The normalized spacial score (nSPS) is 13.3. The van der Waals surface area contributed by atoms with Crippen LogP contribution in [0.2, 0.25) is 5.02 Å². The average molecular weight is 317 g/mol. The Bertz CT molecular complexity index is 781. The summed E-state index contributed by atoms with van der Waals surface area (Å²) in [5.41, 5.74) is 3.71. The molecular formula is C18H14ClFO2.